The highest BCUT2D eigenvalue weighted by Gasteiger charge is 2.32. The molecule has 1 fully saturated rings. The lowest BCUT2D eigenvalue weighted by Crippen LogP contribution is -2.51. The first-order valence-corrected chi connectivity index (χ1v) is 8.41. The van der Waals surface area contributed by atoms with Crippen molar-refractivity contribution in [2.45, 2.75) is 39.2 Å². The second-order valence-electron chi connectivity index (χ2n) is 6.84. The number of rotatable bonds is 5. The average Bonchev–Trinajstić information content (AvgIpc) is 2.53. The summed E-state index contributed by atoms with van der Waals surface area (Å²) in [6, 6.07) is 6.85. The molecule has 1 aliphatic heterocycles. The second-order valence-corrected chi connectivity index (χ2v) is 6.84. The van der Waals surface area contributed by atoms with Crippen molar-refractivity contribution in [3.8, 4) is 5.75 Å². The smallest absolute Gasteiger partial charge is 0.317 e. The van der Waals surface area contributed by atoms with Gasteiger partial charge >= 0.3 is 12.0 Å². The molecule has 1 saturated heterocycles. The number of amides is 2. The lowest BCUT2D eigenvalue weighted by Gasteiger charge is -2.35. The van der Waals surface area contributed by atoms with Gasteiger partial charge in [0.1, 0.15) is 5.75 Å². The van der Waals surface area contributed by atoms with Crippen LogP contribution in [0.1, 0.15) is 32.3 Å². The van der Waals surface area contributed by atoms with E-state index in [9.17, 15) is 19.8 Å². The number of piperidine rings is 1. The van der Waals surface area contributed by atoms with Crippen molar-refractivity contribution in [2.24, 2.45) is 11.8 Å². The summed E-state index contributed by atoms with van der Waals surface area (Å²) >= 11 is 0. The molecule has 24 heavy (non-hydrogen) atoms. The number of phenols is 1. The van der Waals surface area contributed by atoms with E-state index in [0.29, 0.717) is 13.0 Å². The lowest BCUT2D eigenvalue weighted by molar-refractivity contribution is -0.143. The number of likely N-dealkylation sites (tertiary alicyclic amines) is 1. The number of carbonyl (C=O) groups excluding carboxylic acids is 1. The van der Waals surface area contributed by atoms with Gasteiger partial charge in [0.05, 0.1) is 5.92 Å². The molecule has 0 bridgehead atoms. The molecule has 1 heterocycles. The fourth-order valence-corrected chi connectivity index (χ4v) is 3.12. The first-order valence-electron chi connectivity index (χ1n) is 8.41. The maximum Gasteiger partial charge on any atom is 0.317 e. The van der Waals surface area contributed by atoms with Crippen LogP contribution in [0, 0.1) is 11.8 Å². The molecule has 3 atom stereocenters. The number of nitrogens with zero attached hydrogens (tertiary/aromatic N) is 1. The Morgan fingerprint density at radius 3 is 2.58 bits per heavy atom. The molecule has 0 radical (unpaired) electrons. The van der Waals surface area contributed by atoms with Gasteiger partial charge in [-0.25, -0.2) is 4.79 Å². The number of carboxylic acids is 1. The van der Waals surface area contributed by atoms with Crippen molar-refractivity contribution in [2.75, 3.05) is 13.1 Å². The molecule has 1 aromatic rings. The summed E-state index contributed by atoms with van der Waals surface area (Å²) in [6.45, 7) is 4.79. The van der Waals surface area contributed by atoms with Gasteiger partial charge in [-0.15, -0.1) is 0 Å². The molecule has 2 amide bonds. The van der Waals surface area contributed by atoms with E-state index in [1.807, 2.05) is 26.0 Å². The summed E-state index contributed by atoms with van der Waals surface area (Å²) in [6.07, 6.45) is 2.20. The van der Waals surface area contributed by atoms with Crippen LogP contribution in [0.15, 0.2) is 24.3 Å². The first-order chi connectivity index (χ1) is 11.3. The first kappa shape index (κ1) is 18.1. The highest BCUT2D eigenvalue weighted by molar-refractivity contribution is 5.76. The highest BCUT2D eigenvalue weighted by atomic mass is 16.4. The van der Waals surface area contributed by atoms with Crippen LogP contribution in [0.2, 0.25) is 0 Å². The van der Waals surface area contributed by atoms with Crippen molar-refractivity contribution >= 4 is 12.0 Å². The zero-order valence-electron chi connectivity index (χ0n) is 14.2. The Labute approximate surface area is 142 Å². The summed E-state index contributed by atoms with van der Waals surface area (Å²) in [4.78, 5) is 25.2. The van der Waals surface area contributed by atoms with Gasteiger partial charge in [-0.2, -0.15) is 0 Å². The van der Waals surface area contributed by atoms with E-state index < -0.39 is 11.9 Å². The summed E-state index contributed by atoms with van der Waals surface area (Å²) in [7, 11) is 0. The number of carbonyl (C=O) groups is 2. The number of hydrogen-bond donors (Lipinski definition) is 3. The normalized spacial score (nSPS) is 22.0. The van der Waals surface area contributed by atoms with Gasteiger partial charge in [0.15, 0.2) is 0 Å². The lowest BCUT2D eigenvalue weighted by atomic mass is 9.91. The zero-order valence-corrected chi connectivity index (χ0v) is 14.2. The molecular formula is C18H26N2O4. The predicted molar refractivity (Wildman–Crippen MR) is 90.9 cm³/mol. The van der Waals surface area contributed by atoms with Crippen LogP contribution in [-0.4, -0.2) is 46.2 Å². The van der Waals surface area contributed by atoms with Gasteiger partial charge in [-0.05, 0) is 49.8 Å². The molecule has 3 unspecified atom stereocenters. The number of urea groups is 1. The molecule has 0 spiro atoms. The minimum atomic E-state index is -0.834. The SMILES string of the molecule is CC1CC(C(=O)O)CN(C(=O)NC(C)CCc2ccc(O)cc2)C1. The Bertz CT molecular complexity index is 573. The van der Waals surface area contributed by atoms with Crippen molar-refractivity contribution in [1.29, 1.82) is 0 Å². The summed E-state index contributed by atoms with van der Waals surface area (Å²) in [5.41, 5.74) is 1.10. The van der Waals surface area contributed by atoms with E-state index in [1.54, 1.807) is 17.0 Å². The molecule has 2 rings (SSSR count). The van der Waals surface area contributed by atoms with Crippen LogP contribution in [0.25, 0.3) is 0 Å². The maximum atomic E-state index is 12.4. The molecule has 6 heteroatoms. The number of aliphatic carboxylic acids is 1. The van der Waals surface area contributed by atoms with Gasteiger partial charge in [-0.3, -0.25) is 4.79 Å². The number of phenolic OH excluding ortho intramolecular Hbond substituents is 1. The Hall–Kier alpha value is -2.24. The van der Waals surface area contributed by atoms with Gasteiger partial charge in [0, 0.05) is 19.1 Å². The molecule has 0 saturated carbocycles. The molecule has 1 aliphatic rings. The standard InChI is InChI=1S/C18H26N2O4/c1-12-9-15(17(22)23)11-20(10-12)18(24)19-13(2)3-4-14-5-7-16(21)8-6-14/h5-8,12-13,15,21H,3-4,9-11H2,1-2H3,(H,19,24)(H,22,23). The molecule has 0 aliphatic carbocycles. The number of hydrogen-bond acceptors (Lipinski definition) is 3. The van der Waals surface area contributed by atoms with Gasteiger partial charge in [0.2, 0.25) is 0 Å². The molecule has 6 nitrogen and oxygen atoms in total. The fraction of sp³-hybridized carbons (Fsp3) is 0.556. The van der Waals surface area contributed by atoms with Crippen LogP contribution in [0.3, 0.4) is 0 Å². The number of aromatic hydroxyl groups is 1. The van der Waals surface area contributed by atoms with Gasteiger partial charge in [-0.1, -0.05) is 19.1 Å². The van der Waals surface area contributed by atoms with Gasteiger partial charge < -0.3 is 20.4 Å². The Kier molecular flexibility index (Phi) is 6.06. The van der Waals surface area contributed by atoms with Crippen LogP contribution in [0.4, 0.5) is 4.79 Å². The van der Waals surface area contributed by atoms with Crippen LogP contribution in [0.5, 0.6) is 5.75 Å². The molecular weight excluding hydrogens is 308 g/mol. The summed E-state index contributed by atoms with van der Waals surface area (Å²) in [5, 5.41) is 21.4. The average molecular weight is 334 g/mol. The van der Waals surface area contributed by atoms with E-state index >= 15 is 0 Å². The number of nitrogens with one attached hydrogen (secondary N) is 1. The fourth-order valence-electron chi connectivity index (χ4n) is 3.12. The number of benzene rings is 1. The van der Waals surface area contributed by atoms with Crippen LogP contribution < -0.4 is 5.32 Å². The molecule has 3 N–H and O–H groups in total. The molecule has 1 aromatic carbocycles. The van der Waals surface area contributed by atoms with Crippen molar-refractivity contribution in [1.82, 2.24) is 10.2 Å². The van der Waals surface area contributed by atoms with Crippen LogP contribution >= 0.6 is 0 Å². The third-order valence-corrected chi connectivity index (χ3v) is 4.47. The van der Waals surface area contributed by atoms with E-state index in [0.717, 1.165) is 18.4 Å². The monoisotopic (exact) mass is 334 g/mol. The molecule has 0 aromatic heterocycles. The van der Waals surface area contributed by atoms with E-state index in [1.165, 1.54) is 0 Å². The van der Waals surface area contributed by atoms with E-state index in [-0.39, 0.29) is 30.3 Å². The highest BCUT2D eigenvalue weighted by Crippen LogP contribution is 2.22. The van der Waals surface area contributed by atoms with Crippen LogP contribution in [-0.2, 0) is 11.2 Å². The molecule has 132 valence electrons. The summed E-state index contributed by atoms with van der Waals surface area (Å²) in [5.74, 6) is -0.878. The number of aryl methyl sites for hydroxylation is 1. The maximum absolute atomic E-state index is 12.4. The number of carboxylic acid groups (broad SMARTS) is 1. The minimum Gasteiger partial charge on any atom is -0.508 e. The third kappa shape index (κ3) is 5.15. The van der Waals surface area contributed by atoms with Crippen molar-refractivity contribution < 1.29 is 19.8 Å². The Morgan fingerprint density at radius 1 is 1.29 bits per heavy atom. The van der Waals surface area contributed by atoms with Gasteiger partial charge in [0.25, 0.3) is 0 Å². The topological polar surface area (TPSA) is 89.9 Å². The summed E-state index contributed by atoms with van der Waals surface area (Å²) < 4.78 is 0. The minimum absolute atomic E-state index is 0.00758. The largest absolute Gasteiger partial charge is 0.508 e. The predicted octanol–water partition coefficient (Wildman–Crippen LogP) is 2.47. The van der Waals surface area contributed by atoms with E-state index in [4.69, 9.17) is 0 Å². The van der Waals surface area contributed by atoms with E-state index in [2.05, 4.69) is 5.32 Å². The Balaban J connectivity index is 1.82. The Morgan fingerprint density at radius 2 is 1.96 bits per heavy atom. The van der Waals surface area contributed by atoms with Crippen molar-refractivity contribution in [3.63, 3.8) is 0 Å². The van der Waals surface area contributed by atoms with Crippen molar-refractivity contribution in [3.05, 3.63) is 29.8 Å². The quantitative estimate of drug-likeness (QED) is 0.771. The second kappa shape index (κ2) is 8.04. The zero-order chi connectivity index (χ0) is 17.7. The third-order valence-electron chi connectivity index (χ3n) is 4.47.